The van der Waals surface area contributed by atoms with Crippen molar-refractivity contribution in [2.75, 3.05) is 0 Å². The van der Waals surface area contributed by atoms with Gasteiger partial charge in [0.05, 0.1) is 0 Å². The average molecular weight is 306 g/mol. The van der Waals surface area contributed by atoms with Crippen LogP contribution in [-0.4, -0.2) is 20.2 Å². The van der Waals surface area contributed by atoms with Crippen LogP contribution in [0.15, 0.2) is 41.1 Å². The van der Waals surface area contributed by atoms with E-state index in [1.807, 2.05) is 0 Å². The van der Waals surface area contributed by atoms with Crippen molar-refractivity contribution >= 4 is 11.6 Å². The van der Waals surface area contributed by atoms with Crippen molar-refractivity contribution in [3.63, 3.8) is 0 Å². The molecule has 3 aromatic rings. The van der Waals surface area contributed by atoms with Crippen molar-refractivity contribution < 1.29 is 14.0 Å². The van der Waals surface area contributed by atoms with E-state index in [9.17, 15) is 9.50 Å². The number of aromatic hydroxyl groups is 1. The van der Waals surface area contributed by atoms with Crippen molar-refractivity contribution in [1.29, 1.82) is 0 Å². The second-order valence-corrected chi connectivity index (χ2v) is 4.67. The molecule has 0 radical (unpaired) electrons. The van der Waals surface area contributed by atoms with Crippen LogP contribution < -0.4 is 0 Å². The molecule has 7 heteroatoms. The summed E-state index contributed by atoms with van der Waals surface area (Å²) in [6.45, 7) is 0. The van der Waals surface area contributed by atoms with Crippen molar-refractivity contribution in [1.82, 2.24) is 15.1 Å². The lowest BCUT2D eigenvalue weighted by Gasteiger charge is -2.01. The van der Waals surface area contributed by atoms with E-state index in [-0.39, 0.29) is 35.1 Å². The largest absolute Gasteiger partial charge is 0.505 e. The van der Waals surface area contributed by atoms with Gasteiger partial charge in [-0.05, 0) is 24.3 Å². The predicted molar refractivity (Wildman–Crippen MR) is 73.4 cm³/mol. The van der Waals surface area contributed by atoms with E-state index >= 15 is 0 Å². The lowest BCUT2D eigenvalue weighted by molar-refractivity contribution is 0.416. The minimum absolute atomic E-state index is 0.0653. The van der Waals surface area contributed by atoms with Crippen LogP contribution in [0.1, 0.15) is 11.4 Å². The molecule has 0 aliphatic heterocycles. The van der Waals surface area contributed by atoms with Gasteiger partial charge in [0.1, 0.15) is 11.6 Å². The molecule has 0 unspecified atom stereocenters. The Labute approximate surface area is 124 Å². The highest BCUT2D eigenvalue weighted by Crippen LogP contribution is 2.26. The highest BCUT2D eigenvalue weighted by molar-refractivity contribution is 6.31. The third-order valence-corrected chi connectivity index (χ3v) is 3.21. The van der Waals surface area contributed by atoms with Crippen molar-refractivity contribution in [2.24, 2.45) is 0 Å². The fourth-order valence-corrected chi connectivity index (χ4v) is 2.07. The monoisotopic (exact) mass is 305 g/mol. The Kier molecular flexibility index (Phi) is 3.53. The Morgan fingerprint density at radius 3 is 2.86 bits per heavy atom. The summed E-state index contributed by atoms with van der Waals surface area (Å²) in [5, 5.41) is 13.7. The zero-order valence-corrected chi connectivity index (χ0v) is 11.4. The third kappa shape index (κ3) is 2.71. The average Bonchev–Trinajstić information content (AvgIpc) is 2.92. The maximum Gasteiger partial charge on any atom is 0.280 e. The molecule has 0 spiro atoms. The van der Waals surface area contributed by atoms with Gasteiger partial charge in [-0.3, -0.25) is 0 Å². The topological polar surface area (TPSA) is 72.0 Å². The number of pyridine rings is 1. The van der Waals surface area contributed by atoms with Crippen LogP contribution in [0.4, 0.5) is 4.39 Å². The summed E-state index contributed by atoms with van der Waals surface area (Å²) in [6, 6.07) is 7.46. The lowest BCUT2D eigenvalue weighted by Crippen LogP contribution is -1.96. The first-order chi connectivity index (χ1) is 10.1. The summed E-state index contributed by atoms with van der Waals surface area (Å²) < 4.78 is 18.7. The van der Waals surface area contributed by atoms with E-state index in [0.29, 0.717) is 5.02 Å². The first-order valence-corrected chi connectivity index (χ1v) is 6.43. The number of halogens is 2. The molecule has 2 heterocycles. The summed E-state index contributed by atoms with van der Waals surface area (Å²) in [7, 11) is 0. The highest BCUT2D eigenvalue weighted by atomic mass is 35.5. The van der Waals surface area contributed by atoms with E-state index in [0.717, 1.165) is 0 Å². The SMILES string of the molecule is Oc1cccnc1-c1nc(Cc2c(F)cccc2Cl)no1. The number of benzene rings is 1. The molecule has 0 bridgehead atoms. The summed E-state index contributed by atoms with van der Waals surface area (Å²) in [5.74, 6) is -0.191. The number of nitrogens with zero attached hydrogens (tertiary/aromatic N) is 3. The fraction of sp³-hybridized carbons (Fsp3) is 0.0714. The normalized spacial score (nSPS) is 10.8. The zero-order chi connectivity index (χ0) is 14.8. The summed E-state index contributed by atoms with van der Waals surface area (Å²) in [5.41, 5.74) is 0.465. The number of aromatic nitrogens is 3. The standard InChI is InChI=1S/C14H9ClFN3O2/c15-9-3-1-4-10(16)8(9)7-12-18-14(21-19-12)13-11(20)5-2-6-17-13/h1-6,20H,7H2. The Morgan fingerprint density at radius 1 is 1.24 bits per heavy atom. The van der Waals surface area contributed by atoms with E-state index in [1.54, 1.807) is 12.1 Å². The predicted octanol–water partition coefficient (Wildman–Crippen LogP) is 3.22. The van der Waals surface area contributed by atoms with Crippen LogP contribution in [-0.2, 0) is 6.42 Å². The summed E-state index contributed by atoms with van der Waals surface area (Å²) in [6.07, 6.45) is 1.58. The zero-order valence-electron chi connectivity index (χ0n) is 10.6. The first kappa shape index (κ1) is 13.5. The molecule has 0 aliphatic carbocycles. The number of rotatable bonds is 3. The molecule has 5 nitrogen and oxygen atoms in total. The van der Waals surface area contributed by atoms with Gasteiger partial charge in [-0.15, -0.1) is 0 Å². The van der Waals surface area contributed by atoms with Crippen molar-refractivity contribution in [2.45, 2.75) is 6.42 Å². The van der Waals surface area contributed by atoms with Gasteiger partial charge in [0.15, 0.2) is 11.5 Å². The van der Waals surface area contributed by atoms with Crippen LogP contribution in [0.25, 0.3) is 11.6 Å². The van der Waals surface area contributed by atoms with Crippen LogP contribution >= 0.6 is 11.6 Å². The Balaban J connectivity index is 1.91. The van der Waals surface area contributed by atoms with Gasteiger partial charge in [0.25, 0.3) is 5.89 Å². The second kappa shape index (κ2) is 5.49. The molecular weight excluding hydrogens is 297 g/mol. The molecular formula is C14H9ClFN3O2. The summed E-state index contributed by atoms with van der Waals surface area (Å²) >= 11 is 5.95. The Bertz CT molecular complexity index is 771. The van der Waals surface area contributed by atoms with Gasteiger partial charge in [0, 0.05) is 23.2 Å². The molecule has 0 atom stereocenters. The number of hydrogen-bond acceptors (Lipinski definition) is 5. The van der Waals surface area contributed by atoms with Gasteiger partial charge in [-0.2, -0.15) is 4.98 Å². The molecule has 0 saturated heterocycles. The molecule has 0 fully saturated rings. The second-order valence-electron chi connectivity index (χ2n) is 4.26. The number of hydrogen-bond donors (Lipinski definition) is 1. The van der Waals surface area contributed by atoms with Crippen molar-refractivity contribution in [3.8, 4) is 17.3 Å². The molecule has 2 aromatic heterocycles. The lowest BCUT2D eigenvalue weighted by atomic mass is 10.1. The minimum Gasteiger partial charge on any atom is -0.505 e. The van der Waals surface area contributed by atoms with Gasteiger partial charge in [-0.1, -0.05) is 22.8 Å². The molecule has 1 aromatic carbocycles. The van der Waals surface area contributed by atoms with Gasteiger partial charge < -0.3 is 9.63 Å². The van der Waals surface area contributed by atoms with E-state index in [1.165, 1.54) is 24.4 Å². The van der Waals surface area contributed by atoms with E-state index in [4.69, 9.17) is 16.1 Å². The van der Waals surface area contributed by atoms with Crippen LogP contribution in [0, 0.1) is 5.82 Å². The Hall–Kier alpha value is -2.47. The van der Waals surface area contributed by atoms with Crippen LogP contribution in [0.5, 0.6) is 5.75 Å². The van der Waals surface area contributed by atoms with Crippen LogP contribution in [0.2, 0.25) is 5.02 Å². The van der Waals surface area contributed by atoms with Gasteiger partial charge >= 0.3 is 0 Å². The molecule has 0 aliphatic rings. The Morgan fingerprint density at radius 2 is 2.10 bits per heavy atom. The first-order valence-electron chi connectivity index (χ1n) is 6.05. The fourth-order valence-electron chi connectivity index (χ4n) is 1.84. The maximum absolute atomic E-state index is 13.7. The summed E-state index contributed by atoms with van der Waals surface area (Å²) in [4.78, 5) is 8.05. The minimum atomic E-state index is -0.436. The molecule has 0 amide bonds. The third-order valence-electron chi connectivity index (χ3n) is 2.85. The molecule has 0 saturated carbocycles. The quantitative estimate of drug-likeness (QED) is 0.804. The highest BCUT2D eigenvalue weighted by Gasteiger charge is 2.16. The van der Waals surface area contributed by atoms with Gasteiger partial charge in [-0.25, -0.2) is 9.37 Å². The molecule has 3 rings (SSSR count). The maximum atomic E-state index is 13.7. The smallest absolute Gasteiger partial charge is 0.280 e. The van der Waals surface area contributed by atoms with Crippen molar-refractivity contribution in [3.05, 3.63) is 58.8 Å². The molecule has 1 N–H and O–H groups in total. The van der Waals surface area contributed by atoms with Gasteiger partial charge in [0.2, 0.25) is 0 Å². The molecule has 106 valence electrons. The van der Waals surface area contributed by atoms with Crippen LogP contribution in [0.3, 0.4) is 0 Å². The van der Waals surface area contributed by atoms with E-state index in [2.05, 4.69) is 15.1 Å². The molecule has 21 heavy (non-hydrogen) atoms. The van der Waals surface area contributed by atoms with E-state index < -0.39 is 5.82 Å².